The molecule has 0 bridgehead atoms. The molecule has 35 heavy (non-hydrogen) atoms. The van der Waals surface area contributed by atoms with Crippen LogP contribution in [-0.2, 0) is 6.54 Å². The van der Waals surface area contributed by atoms with Gasteiger partial charge in [-0.05, 0) is 35.7 Å². The number of thioether (sulfide) groups is 1. The number of carbonyl (C=O) groups excluding carboxylic acids is 1. The summed E-state index contributed by atoms with van der Waals surface area (Å²) in [6, 6.07) is 21.0. The van der Waals surface area contributed by atoms with E-state index < -0.39 is 0 Å². The van der Waals surface area contributed by atoms with Gasteiger partial charge in [-0.25, -0.2) is 9.97 Å². The molecule has 0 radical (unpaired) electrons. The van der Waals surface area contributed by atoms with Gasteiger partial charge in [0.2, 0.25) is 0 Å². The molecule has 0 N–H and O–H groups in total. The van der Waals surface area contributed by atoms with Gasteiger partial charge in [0.05, 0.1) is 18.4 Å². The Morgan fingerprint density at radius 1 is 1.11 bits per heavy atom. The summed E-state index contributed by atoms with van der Waals surface area (Å²) in [5.41, 5.74) is 2.25. The van der Waals surface area contributed by atoms with Gasteiger partial charge < -0.3 is 4.74 Å². The molecule has 0 saturated heterocycles. The number of hydrogen-bond donors (Lipinski definition) is 0. The van der Waals surface area contributed by atoms with Gasteiger partial charge in [-0.15, -0.1) is 11.3 Å². The van der Waals surface area contributed by atoms with Crippen molar-refractivity contribution in [1.82, 2.24) is 14.5 Å². The van der Waals surface area contributed by atoms with Gasteiger partial charge in [0.1, 0.15) is 15.3 Å². The molecule has 0 aliphatic carbocycles. The Bertz CT molecular complexity index is 1580. The maximum absolute atomic E-state index is 13.7. The fourth-order valence-corrected chi connectivity index (χ4v) is 5.91. The predicted octanol–water partition coefficient (Wildman–Crippen LogP) is 5.79. The molecule has 5 rings (SSSR count). The molecule has 0 aliphatic heterocycles. The lowest BCUT2D eigenvalue weighted by molar-refractivity contribution is 0.102. The normalized spacial score (nSPS) is 12.2. The number of rotatable bonds is 8. The standard InChI is InChI=1S/C27H23N3O3S2/c1-17(18-8-4-3-5-9-18)15-30-26(32)24-23(21-12-7-13-28-25(21)35-24)29-27(30)34-16-22(31)19-10-6-11-20(14-19)33-2/h3-14,17H,15-16H2,1-2H3/t17-/m1/s1. The van der Waals surface area contributed by atoms with Crippen molar-refractivity contribution in [3.63, 3.8) is 0 Å². The zero-order chi connectivity index (χ0) is 24.4. The quantitative estimate of drug-likeness (QED) is 0.152. The highest BCUT2D eigenvalue weighted by Gasteiger charge is 2.20. The highest BCUT2D eigenvalue weighted by Crippen LogP contribution is 2.31. The number of pyridine rings is 1. The molecule has 3 aromatic heterocycles. The second kappa shape index (κ2) is 10.0. The minimum atomic E-state index is -0.0999. The van der Waals surface area contributed by atoms with Crippen LogP contribution in [0.15, 0.2) is 82.9 Å². The fraction of sp³-hybridized carbons (Fsp3) is 0.185. The Labute approximate surface area is 210 Å². The number of methoxy groups -OCH3 is 1. The number of Topliss-reactive ketones (excluding diaryl/α,β-unsaturated/α-hetero) is 1. The summed E-state index contributed by atoms with van der Waals surface area (Å²) in [6.45, 7) is 2.55. The van der Waals surface area contributed by atoms with Gasteiger partial charge in [-0.1, -0.05) is 61.2 Å². The number of benzene rings is 2. The van der Waals surface area contributed by atoms with Crippen LogP contribution >= 0.6 is 23.1 Å². The van der Waals surface area contributed by atoms with Crippen LogP contribution in [0.5, 0.6) is 5.75 Å². The van der Waals surface area contributed by atoms with Crippen LogP contribution in [0.2, 0.25) is 0 Å². The van der Waals surface area contributed by atoms with Crippen molar-refractivity contribution >= 4 is 49.3 Å². The van der Waals surface area contributed by atoms with E-state index in [0.29, 0.717) is 33.2 Å². The van der Waals surface area contributed by atoms with E-state index in [1.54, 1.807) is 42.1 Å². The van der Waals surface area contributed by atoms with Crippen LogP contribution in [0.1, 0.15) is 28.8 Å². The van der Waals surface area contributed by atoms with E-state index in [0.717, 1.165) is 15.8 Å². The molecule has 0 aliphatic rings. The van der Waals surface area contributed by atoms with Crippen LogP contribution in [0.3, 0.4) is 0 Å². The maximum atomic E-state index is 13.7. The molecule has 6 nitrogen and oxygen atoms in total. The van der Waals surface area contributed by atoms with E-state index in [-0.39, 0.29) is 23.0 Å². The lowest BCUT2D eigenvalue weighted by atomic mass is 10.0. The van der Waals surface area contributed by atoms with Crippen LogP contribution < -0.4 is 10.3 Å². The van der Waals surface area contributed by atoms with Crippen molar-refractivity contribution in [3.8, 4) is 5.75 Å². The van der Waals surface area contributed by atoms with Gasteiger partial charge in [0, 0.05) is 23.7 Å². The van der Waals surface area contributed by atoms with Crippen molar-refractivity contribution in [2.24, 2.45) is 0 Å². The van der Waals surface area contributed by atoms with Crippen molar-refractivity contribution in [1.29, 1.82) is 0 Å². The Morgan fingerprint density at radius 2 is 1.94 bits per heavy atom. The van der Waals surface area contributed by atoms with E-state index in [9.17, 15) is 9.59 Å². The largest absolute Gasteiger partial charge is 0.497 e. The van der Waals surface area contributed by atoms with Crippen LogP contribution in [0, 0.1) is 0 Å². The van der Waals surface area contributed by atoms with Crippen molar-refractivity contribution in [2.45, 2.75) is 24.5 Å². The summed E-state index contributed by atoms with van der Waals surface area (Å²) in [5.74, 6) is 0.827. The third kappa shape index (κ3) is 4.72. The monoisotopic (exact) mass is 501 g/mol. The van der Waals surface area contributed by atoms with E-state index >= 15 is 0 Å². The second-order valence-electron chi connectivity index (χ2n) is 8.20. The van der Waals surface area contributed by atoms with Crippen LogP contribution in [0.4, 0.5) is 0 Å². The Kier molecular flexibility index (Phi) is 6.66. The molecular weight excluding hydrogens is 478 g/mol. The number of aromatic nitrogens is 3. The molecule has 0 unspecified atom stereocenters. The highest BCUT2D eigenvalue weighted by atomic mass is 32.2. The zero-order valence-corrected chi connectivity index (χ0v) is 20.9. The zero-order valence-electron chi connectivity index (χ0n) is 19.3. The predicted molar refractivity (Wildman–Crippen MR) is 142 cm³/mol. The smallest absolute Gasteiger partial charge is 0.272 e. The maximum Gasteiger partial charge on any atom is 0.272 e. The summed E-state index contributed by atoms with van der Waals surface area (Å²) in [6.07, 6.45) is 1.72. The number of thiophene rings is 1. The third-order valence-electron chi connectivity index (χ3n) is 5.87. The molecule has 176 valence electrons. The average molecular weight is 502 g/mol. The van der Waals surface area contributed by atoms with Crippen LogP contribution in [0.25, 0.3) is 20.4 Å². The third-order valence-corrected chi connectivity index (χ3v) is 7.93. The Morgan fingerprint density at radius 3 is 2.74 bits per heavy atom. The molecule has 2 aromatic carbocycles. The molecule has 3 heterocycles. The lowest BCUT2D eigenvalue weighted by Crippen LogP contribution is -2.25. The van der Waals surface area contributed by atoms with Crippen LogP contribution in [-0.4, -0.2) is 33.2 Å². The summed E-state index contributed by atoms with van der Waals surface area (Å²) in [5, 5.41) is 1.39. The molecule has 0 saturated carbocycles. The first-order valence-corrected chi connectivity index (χ1v) is 13.0. The topological polar surface area (TPSA) is 74.1 Å². The lowest BCUT2D eigenvalue weighted by Gasteiger charge is -2.17. The molecule has 0 spiro atoms. The van der Waals surface area contributed by atoms with Gasteiger partial charge in [0.15, 0.2) is 10.9 Å². The van der Waals surface area contributed by atoms with Gasteiger partial charge in [-0.2, -0.15) is 0 Å². The van der Waals surface area contributed by atoms with Crippen molar-refractivity contribution < 1.29 is 9.53 Å². The number of ketones is 1. The number of ether oxygens (including phenoxy) is 1. The van der Waals surface area contributed by atoms with Gasteiger partial charge >= 0.3 is 0 Å². The summed E-state index contributed by atoms with van der Waals surface area (Å²) in [7, 11) is 1.57. The molecule has 0 amide bonds. The van der Waals surface area contributed by atoms with Gasteiger partial charge in [-0.3, -0.25) is 14.2 Å². The highest BCUT2D eigenvalue weighted by molar-refractivity contribution is 7.99. The van der Waals surface area contributed by atoms with E-state index in [1.807, 2.05) is 30.3 Å². The minimum absolute atomic E-state index is 0.0530. The first-order valence-electron chi connectivity index (χ1n) is 11.2. The minimum Gasteiger partial charge on any atom is -0.497 e. The summed E-state index contributed by atoms with van der Waals surface area (Å²) in [4.78, 5) is 36.7. The number of fused-ring (bicyclic) bond motifs is 3. The van der Waals surface area contributed by atoms with Crippen molar-refractivity contribution in [3.05, 3.63) is 94.4 Å². The SMILES string of the molecule is COc1cccc(C(=O)CSc2nc3c(sc4ncccc43)c(=O)n2C[C@@H](C)c2ccccc2)c1. The number of hydrogen-bond acceptors (Lipinski definition) is 7. The number of nitrogens with zero attached hydrogens (tertiary/aromatic N) is 3. The van der Waals surface area contributed by atoms with E-state index in [1.165, 1.54) is 23.1 Å². The molecule has 1 atom stereocenters. The molecule has 8 heteroatoms. The molecule has 0 fully saturated rings. The summed E-state index contributed by atoms with van der Waals surface area (Å²) < 4.78 is 7.54. The fourth-order valence-electron chi connectivity index (χ4n) is 3.98. The molecule has 5 aromatic rings. The van der Waals surface area contributed by atoms with Gasteiger partial charge in [0.25, 0.3) is 5.56 Å². The molecular formula is C27H23N3O3S2. The first-order chi connectivity index (χ1) is 17.0. The summed E-state index contributed by atoms with van der Waals surface area (Å²) >= 11 is 2.65. The van der Waals surface area contributed by atoms with E-state index in [2.05, 4.69) is 24.0 Å². The number of carbonyl (C=O) groups is 1. The average Bonchev–Trinajstić information content (AvgIpc) is 3.28. The van der Waals surface area contributed by atoms with Crippen molar-refractivity contribution in [2.75, 3.05) is 12.9 Å². The first kappa shape index (κ1) is 23.3. The Balaban J connectivity index is 1.54. The van der Waals surface area contributed by atoms with E-state index in [4.69, 9.17) is 9.72 Å². The Hall–Kier alpha value is -3.49. The second-order valence-corrected chi connectivity index (χ2v) is 10.1.